The van der Waals surface area contributed by atoms with Crippen molar-refractivity contribution in [3.05, 3.63) is 65.6 Å². The lowest BCUT2D eigenvalue weighted by Crippen LogP contribution is -2.15. The Bertz CT molecular complexity index is 1010. The quantitative estimate of drug-likeness (QED) is 0.786. The second-order valence-corrected chi connectivity index (χ2v) is 7.47. The molecule has 0 saturated carbocycles. The van der Waals surface area contributed by atoms with Crippen molar-refractivity contribution in [1.82, 2.24) is 9.29 Å². The molecule has 0 amide bonds. The van der Waals surface area contributed by atoms with Gasteiger partial charge in [0.05, 0.1) is 10.4 Å². The van der Waals surface area contributed by atoms with E-state index in [0.29, 0.717) is 12.1 Å². The Labute approximate surface area is 133 Å². The van der Waals surface area contributed by atoms with Crippen LogP contribution in [-0.2, 0) is 23.0 Å². The van der Waals surface area contributed by atoms with Gasteiger partial charge in [-0.3, -0.25) is 0 Å². The number of benzene rings is 2. The molecule has 6 heteroatoms. The third-order valence-electron chi connectivity index (χ3n) is 4.20. The van der Waals surface area contributed by atoms with E-state index in [1.807, 2.05) is 12.1 Å². The van der Waals surface area contributed by atoms with E-state index >= 15 is 0 Å². The summed E-state index contributed by atoms with van der Waals surface area (Å²) in [7, 11) is -3.82. The van der Waals surface area contributed by atoms with E-state index in [2.05, 4.69) is 5.32 Å². The summed E-state index contributed by atoms with van der Waals surface area (Å²) in [6.45, 7) is 1.52. The summed E-state index contributed by atoms with van der Waals surface area (Å²) in [6.07, 6.45) is 2.43. The van der Waals surface area contributed by atoms with E-state index in [9.17, 15) is 12.8 Å². The largest absolute Gasteiger partial charge is 0.312 e. The molecule has 0 atom stereocenters. The summed E-state index contributed by atoms with van der Waals surface area (Å²) in [5.74, 6) is -0.561. The highest BCUT2D eigenvalue weighted by Gasteiger charge is 2.23. The first-order chi connectivity index (χ1) is 11.1. The Morgan fingerprint density at radius 3 is 2.74 bits per heavy atom. The van der Waals surface area contributed by atoms with Crippen molar-refractivity contribution in [3.63, 3.8) is 0 Å². The first-order valence-electron chi connectivity index (χ1n) is 7.41. The molecule has 2 heterocycles. The van der Waals surface area contributed by atoms with Crippen LogP contribution < -0.4 is 5.32 Å². The second kappa shape index (κ2) is 5.18. The maximum Gasteiger partial charge on any atom is 0.268 e. The van der Waals surface area contributed by atoms with Gasteiger partial charge in [-0.1, -0.05) is 18.2 Å². The Balaban J connectivity index is 2.00. The minimum atomic E-state index is -3.82. The van der Waals surface area contributed by atoms with Gasteiger partial charge in [-0.15, -0.1) is 0 Å². The lowest BCUT2D eigenvalue weighted by molar-refractivity contribution is 0.584. The molecule has 0 radical (unpaired) electrons. The molecule has 3 aromatic rings. The van der Waals surface area contributed by atoms with Gasteiger partial charge in [0.25, 0.3) is 10.0 Å². The van der Waals surface area contributed by atoms with E-state index in [0.717, 1.165) is 35.5 Å². The number of hydrogen-bond acceptors (Lipinski definition) is 3. The fraction of sp³-hybridized carbons (Fsp3) is 0.176. The van der Waals surface area contributed by atoms with Crippen LogP contribution in [0.25, 0.3) is 10.9 Å². The molecule has 0 bridgehead atoms. The average molecular weight is 330 g/mol. The van der Waals surface area contributed by atoms with Crippen molar-refractivity contribution >= 4 is 20.9 Å². The molecule has 23 heavy (non-hydrogen) atoms. The molecule has 0 fully saturated rings. The van der Waals surface area contributed by atoms with E-state index in [1.54, 1.807) is 12.3 Å². The summed E-state index contributed by atoms with van der Waals surface area (Å²) < 4.78 is 40.6. The van der Waals surface area contributed by atoms with Crippen molar-refractivity contribution in [3.8, 4) is 0 Å². The Morgan fingerprint density at radius 1 is 1.09 bits per heavy atom. The lowest BCUT2D eigenvalue weighted by atomic mass is 10.1. The number of aromatic nitrogens is 1. The van der Waals surface area contributed by atoms with E-state index in [1.165, 1.54) is 22.2 Å². The molecule has 2 aromatic carbocycles. The first-order valence-corrected chi connectivity index (χ1v) is 8.85. The highest BCUT2D eigenvalue weighted by molar-refractivity contribution is 7.90. The number of hydrogen-bond donors (Lipinski definition) is 1. The van der Waals surface area contributed by atoms with Gasteiger partial charge in [-0.2, -0.15) is 0 Å². The fourth-order valence-electron chi connectivity index (χ4n) is 3.14. The molecule has 4 rings (SSSR count). The van der Waals surface area contributed by atoms with Crippen LogP contribution in [0.1, 0.15) is 11.1 Å². The van der Waals surface area contributed by atoms with Crippen molar-refractivity contribution in [2.24, 2.45) is 0 Å². The normalized spacial score (nSPS) is 14.8. The topological polar surface area (TPSA) is 51.1 Å². The molecule has 0 spiro atoms. The van der Waals surface area contributed by atoms with Crippen molar-refractivity contribution in [2.45, 2.75) is 17.9 Å². The molecular weight excluding hydrogens is 315 g/mol. The zero-order chi connectivity index (χ0) is 16.0. The minimum Gasteiger partial charge on any atom is -0.312 e. The van der Waals surface area contributed by atoms with E-state index in [-0.39, 0.29) is 4.90 Å². The number of nitrogens with zero attached hydrogens (tertiary/aromatic N) is 1. The molecule has 0 unspecified atom stereocenters. The number of rotatable bonds is 2. The second-order valence-electron chi connectivity index (χ2n) is 5.65. The van der Waals surface area contributed by atoms with Gasteiger partial charge in [-0.05, 0) is 48.4 Å². The van der Waals surface area contributed by atoms with Crippen LogP contribution in [0.5, 0.6) is 0 Å². The van der Waals surface area contributed by atoms with Gasteiger partial charge in [0, 0.05) is 18.1 Å². The third kappa shape index (κ3) is 2.26. The monoisotopic (exact) mass is 330 g/mol. The Kier molecular flexibility index (Phi) is 3.25. The molecule has 1 aliphatic heterocycles. The zero-order valence-corrected chi connectivity index (χ0v) is 13.1. The predicted octanol–water partition coefficient (Wildman–Crippen LogP) is 2.66. The molecule has 1 N–H and O–H groups in total. The van der Waals surface area contributed by atoms with Crippen LogP contribution in [0.3, 0.4) is 0 Å². The smallest absolute Gasteiger partial charge is 0.268 e. The highest BCUT2D eigenvalue weighted by atomic mass is 32.2. The predicted molar refractivity (Wildman–Crippen MR) is 86.3 cm³/mol. The van der Waals surface area contributed by atoms with Crippen LogP contribution in [-0.4, -0.2) is 18.9 Å². The van der Waals surface area contributed by atoms with Crippen molar-refractivity contribution < 1.29 is 12.8 Å². The maximum atomic E-state index is 13.4. The standard InChI is InChI=1S/C17H15FN2O2S/c18-14-4-2-5-15(9-14)23(21,22)20-11-13-7-8-19-10-12-3-1-6-16(20)17(12)13/h1-6,9,11,19H,7-8,10H2. The average Bonchev–Trinajstić information content (AvgIpc) is 2.79. The van der Waals surface area contributed by atoms with E-state index < -0.39 is 15.8 Å². The lowest BCUT2D eigenvalue weighted by Gasteiger charge is -2.09. The summed E-state index contributed by atoms with van der Waals surface area (Å²) in [5, 5.41) is 4.31. The summed E-state index contributed by atoms with van der Waals surface area (Å²) >= 11 is 0. The van der Waals surface area contributed by atoms with Gasteiger partial charge < -0.3 is 5.32 Å². The van der Waals surface area contributed by atoms with Gasteiger partial charge in [0.1, 0.15) is 5.82 Å². The fourth-order valence-corrected chi connectivity index (χ4v) is 4.56. The number of halogens is 1. The minimum absolute atomic E-state index is 0.0402. The first kappa shape index (κ1) is 14.4. The highest BCUT2D eigenvalue weighted by Crippen LogP contribution is 2.30. The van der Waals surface area contributed by atoms with Gasteiger partial charge in [0.15, 0.2) is 0 Å². The van der Waals surface area contributed by atoms with Gasteiger partial charge in [0.2, 0.25) is 0 Å². The van der Waals surface area contributed by atoms with Crippen LogP contribution in [0, 0.1) is 5.82 Å². The van der Waals surface area contributed by atoms with Crippen molar-refractivity contribution in [2.75, 3.05) is 6.54 Å². The third-order valence-corrected chi connectivity index (χ3v) is 5.87. The van der Waals surface area contributed by atoms with Crippen LogP contribution in [0.4, 0.5) is 4.39 Å². The summed E-state index contributed by atoms with van der Waals surface area (Å²) in [5.41, 5.74) is 2.73. The molecule has 1 aromatic heterocycles. The van der Waals surface area contributed by atoms with E-state index in [4.69, 9.17) is 0 Å². The summed E-state index contributed by atoms with van der Waals surface area (Å²) in [4.78, 5) is -0.0402. The Hall–Kier alpha value is -2.18. The van der Waals surface area contributed by atoms with Crippen molar-refractivity contribution in [1.29, 1.82) is 0 Å². The zero-order valence-electron chi connectivity index (χ0n) is 12.3. The van der Waals surface area contributed by atoms with Gasteiger partial charge >= 0.3 is 0 Å². The van der Waals surface area contributed by atoms with Crippen LogP contribution >= 0.6 is 0 Å². The molecule has 1 aliphatic rings. The molecular formula is C17H15FN2O2S. The van der Waals surface area contributed by atoms with Gasteiger partial charge in [-0.25, -0.2) is 16.8 Å². The molecule has 4 nitrogen and oxygen atoms in total. The van der Waals surface area contributed by atoms with Crippen LogP contribution in [0.2, 0.25) is 0 Å². The maximum absolute atomic E-state index is 13.4. The number of nitrogens with one attached hydrogen (secondary N) is 1. The summed E-state index contributed by atoms with van der Waals surface area (Å²) in [6, 6.07) is 10.8. The Morgan fingerprint density at radius 2 is 1.91 bits per heavy atom. The SMILES string of the molecule is O=S(=O)(c1cccc(F)c1)n1cc2c3c(cccc31)CNCC2. The molecule has 0 saturated heterocycles. The molecule has 118 valence electrons. The van der Waals surface area contributed by atoms with Crippen LogP contribution in [0.15, 0.2) is 53.6 Å². The molecule has 0 aliphatic carbocycles.